The predicted octanol–water partition coefficient (Wildman–Crippen LogP) is -1.04. The van der Waals surface area contributed by atoms with Gasteiger partial charge in [0.25, 0.3) is 0 Å². The molecular formula is C16H22Cl2Zr. The minimum atomic E-state index is 0. The minimum Gasteiger partial charge on any atom is -1.00 e. The Hall–Kier alpha value is 0.423. The van der Waals surface area contributed by atoms with Crippen molar-refractivity contribution in [2.75, 3.05) is 0 Å². The van der Waals surface area contributed by atoms with Crippen molar-refractivity contribution in [3.05, 3.63) is 47.1 Å². The van der Waals surface area contributed by atoms with E-state index in [9.17, 15) is 0 Å². The number of hydrogen-bond donors (Lipinski definition) is 0. The van der Waals surface area contributed by atoms with Crippen molar-refractivity contribution >= 4 is 0 Å². The van der Waals surface area contributed by atoms with Crippen LogP contribution in [0.5, 0.6) is 0 Å². The van der Waals surface area contributed by atoms with Crippen LogP contribution in [-0.4, -0.2) is 0 Å². The summed E-state index contributed by atoms with van der Waals surface area (Å²) in [5, 5.41) is 0. The summed E-state index contributed by atoms with van der Waals surface area (Å²) in [6.07, 6.45) is 18.9. The fraction of sp³-hybridized carbons (Fsp3) is 0.500. The van der Waals surface area contributed by atoms with Gasteiger partial charge in [0.15, 0.2) is 0 Å². The van der Waals surface area contributed by atoms with Gasteiger partial charge in [0.2, 0.25) is 0 Å². The fourth-order valence-corrected chi connectivity index (χ4v) is 1.64. The molecule has 0 unspecified atom stereocenters. The largest absolute Gasteiger partial charge is 4.00 e. The minimum absolute atomic E-state index is 0. The normalized spacial score (nSPS) is 14.8. The van der Waals surface area contributed by atoms with Crippen molar-refractivity contribution < 1.29 is 51.0 Å². The molecule has 0 radical (unpaired) electrons. The molecule has 0 bridgehead atoms. The van der Waals surface area contributed by atoms with Gasteiger partial charge in [0, 0.05) is 0 Å². The molecule has 3 heteroatoms. The quantitative estimate of drug-likeness (QED) is 0.552. The van der Waals surface area contributed by atoms with Crippen LogP contribution in [0.1, 0.15) is 52.9 Å². The zero-order chi connectivity index (χ0) is 11.8. The molecule has 0 N–H and O–H groups in total. The zero-order valence-electron chi connectivity index (χ0n) is 12.0. The maximum atomic E-state index is 3.30. The molecule has 2 rings (SSSR count). The van der Waals surface area contributed by atoms with E-state index in [2.05, 4.69) is 51.2 Å². The van der Waals surface area contributed by atoms with Crippen molar-refractivity contribution in [1.82, 2.24) is 0 Å². The van der Waals surface area contributed by atoms with Crippen LogP contribution in [0.2, 0.25) is 0 Å². The van der Waals surface area contributed by atoms with Gasteiger partial charge >= 0.3 is 26.2 Å². The summed E-state index contributed by atoms with van der Waals surface area (Å²) in [5.74, 6) is 0. The molecule has 2 aliphatic carbocycles. The Morgan fingerprint density at radius 1 is 1.11 bits per heavy atom. The standard InChI is InChI=1S/C9H13.C7H9.2ClH.Zr/c1-2-3-6-9-7-4-5-8-9;1-6-4-3-5-7(6)2;;;/h4,7H,2-3,5-6H2,1H3;4H,3H2,1-2H3;2*1H;/q2*-1;;;+4/p-2. The fourth-order valence-electron chi connectivity index (χ4n) is 1.64. The maximum absolute atomic E-state index is 3.30. The Kier molecular flexibility index (Phi) is 19.1. The van der Waals surface area contributed by atoms with E-state index in [1.807, 2.05) is 0 Å². The Morgan fingerprint density at radius 2 is 1.79 bits per heavy atom. The maximum Gasteiger partial charge on any atom is 4.00 e. The first-order chi connectivity index (χ1) is 7.74. The molecule has 2 aliphatic rings. The summed E-state index contributed by atoms with van der Waals surface area (Å²) in [5.41, 5.74) is 4.12. The van der Waals surface area contributed by atoms with Gasteiger partial charge in [-0.05, 0) is 0 Å². The molecule has 0 aliphatic heterocycles. The molecule has 0 nitrogen and oxygen atoms in total. The molecule has 0 fully saturated rings. The number of rotatable bonds is 3. The smallest absolute Gasteiger partial charge is 1.00 e. The van der Waals surface area contributed by atoms with Crippen molar-refractivity contribution in [1.29, 1.82) is 0 Å². The SMILES string of the molecule is CC1=[C-]CC=C1C.CCCCC1=[C-]CC=C1.[Cl-].[Cl-].[Zr+4]. The molecule has 0 aromatic carbocycles. The zero-order valence-corrected chi connectivity index (χ0v) is 16.0. The Bertz CT molecular complexity index is 323. The summed E-state index contributed by atoms with van der Waals surface area (Å²) in [7, 11) is 0. The van der Waals surface area contributed by atoms with Crippen LogP contribution in [0.25, 0.3) is 0 Å². The Balaban J connectivity index is -0.000000237. The van der Waals surface area contributed by atoms with Gasteiger partial charge in [-0.3, -0.25) is 12.2 Å². The molecular weight excluding hydrogens is 354 g/mol. The van der Waals surface area contributed by atoms with Crippen LogP contribution in [-0.2, 0) is 26.2 Å². The number of unbranched alkanes of at least 4 members (excludes halogenated alkanes) is 1. The average Bonchev–Trinajstić information content (AvgIpc) is 2.90. The molecule has 104 valence electrons. The van der Waals surface area contributed by atoms with Gasteiger partial charge in [-0.1, -0.05) is 33.1 Å². The third-order valence-corrected chi connectivity index (χ3v) is 2.93. The molecule has 0 amide bonds. The second-order valence-electron chi connectivity index (χ2n) is 4.31. The molecule has 0 heterocycles. The Labute approximate surface area is 150 Å². The summed E-state index contributed by atoms with van der Waals surface area (Å²) in [4.78, 5) is 0. The monoisotopic (exact) mass is 374 g/mol. The molecule has 19 heavy (non-hydrogen) atoms. The van der Waals surface area contributed by atoms with Gasteiger partial charge in [0.1, 0.15) is 0 Å². The first-order valence-electron chi connectivity index (χ1n) is 6.24. The average molecular weight is 376 g/mol. The summed E-state index contributed by atoms with van der Waals surface area (Å²) < 4.78 is 0. The second-order valence-corrected chi connectivity index (χ2v) is 4.31. The van der Waals surface area contributed by atoms with Gasteiger partial charge in [-0.2, -0.15) is 12.2 Å². The van der Waals surface area contributed by atoms with Crippen LogP contribution in [0.3, 0.4) is 0 Å². The first-order valence-corrected chi connectivity index (χ1v) is 6.24. The van der Waals surface area contributed by atoms with E-state index in [-0.39, 0.29) is 51.0 Å². The first kappa shape index (κ1) is 24.4. The molecule has 0 spiro atoms. The van der Waals surface area contributed by atoms with Crippen LogP contribution < -0.4 is 24.8 Å². The van der Waals surface area contributed by atoms with E-state index in [1.54, 1.807) is 0 Å². The molecule has 0 atom stereocenters. The van der Waals surface area contributed by atoms with Crippen LogP contribution >= 0.6 is 0 Å². The Morgan fingerprint density at radius 3 is 2.11 bits per heavy atom. The topological polar surface area (TPSA) is 0 Å². The molecule has 0 saturated carbocycles. The predicted molar refractivity (Wildman–Crippen MR) is 70.8 cm³/mol. The van der Waals surface area contributed by atoms with E-state index < -0.39 is 0 Å². The summed E-state index contributed by atoms with van der Waals surface area (Å²) in [6.45, 7) is 6.44. The van der Waals surface area contributed by atoms with E-state index >= 15 is 0 Å². The molecule has 0 saturated heterocycles. The van der Waals surface area contributed by atoms with E-state index in [0.29, 0.717) is 0 Å². The van der Waals surface area contributed by atoms with Gasteiger partial charge in [0.05, 0.1) is 0 Å². The van der Waals surface area contributed by atoms with Gasteiger partial charge in [-0.25, -0.2) is 22.8 Å². The summed E-state index contributed by atoms with van der Waals surface area (Å²) in [6, 6.07) is 0. The van der Waals surface area contributed by atoms with Crippen molar-refractivity contribution in [3.63, 3.8) is 0 Å². The van der Waals surface area contributed by atoms with E-state index in [1.165, 1.54) is 36.0 Å². The van der Waals surface area contributed by atoms with Crippen LogP contribution in [0.4, 0.5) is 0 Å². The van der Waals surface area contributed by atoms with Crippen LogP contribution in [0.15, 0.2) is 34.9 Å². The number of allylic oxidation sites excluding steroid dienone is 8. The van der Waals surface area contributed by atoms with Crippen molar-refractivity contribution in [3.8, 4) is 0 Å². The number of hydrogen-bond acceptors (Lipinski definition) is 0. The van der Waals surface area contributed by atoms with E-state index in [0.717, 1.165) is 12.8 Å². The van der Waals surface area contributed by atoms with Gasteiger partial charge in [-0.15, -0.1) is 19.8 Å². The van der Waals surface area contributed by atoms with Gasteiger partial charge < -0.3 is 24.8 Å². The van der Waals surface area contributed by atoms with Crippen LogP contribution in [0, 0.1) is 12.2 Å². The van der Waals surface area contributed by atoms with E-state index in [4.69, 9.17) is 0 Å². The summed E-state index contributed by atoms with van der Waals surface area (Å²) >= 11 is 0. The molecule has 0 aromatic rings. The second kappa shape index (κ2) is 14.8. The van der Waals surface area contributed by atoms with Crippen molar-refractivity contribution in [2.45, 2.75) is 52.9 Å². The third-order valence-electron chi connectivity index (χ3n) is 2.93. The third kappa shape index (κ3) is 10.8. The number of halogens is 2. The molecule has 0 aromatic heterocycles. The van der Waals surface area contributed by atoms with Crippen molar-refractivity contribution in [2.24, 2.45) is 0 Å².